The summed E-state index contributed by atoms with van der Waals surface area (Å²) in [6.07, 6.45) is 2.80. The zero-order valence-electron chi connectivity index (χ0n) is 21.0. The highest BCUT2D eigenvalue weighted by Crippen LogP contribution is 2.36. The van der Waals surface area contributed by atoms with Gasteiger partial charge >= 0.3 is 0 Å². The molecule has 0 unspecified atom stereocenters. The fourth-order valence-corrected chi connectivity index (χ4v) is 5.25. The minimum absolute atomic E-state index is 0.0372. The first-order valence-electron chi connectivity index (χ1n) is 12.0. The second-order valence-electron chi connectivity index (χ2n) is 9.56. The van der Waals surface area contributed by atoms with E-state index >= 15 is 0 Å². The van der Waals surface area contributed by atoms with E-state index in [0.717, 1.165) is 43.7 Å². The number of rotatable bonds is 8. The van der Waals surface area contributed by atoms with E-state index < -0.39 is 5.82 Å². The average Bonchev–Trinajstić information content (AvgIpc) is 2.79. The Bertz CT molecular complexity index is 1090. The molecule has 0 atom stereocenters. The predicted molar refractivity (Wildman–Crippen MR) is 138 cm³/mol. The normalized spacial score (nSPS) is 15.1. The summed E-state index contributed by atoms with van der Waals surface area (Å²) in [6, 6.07) is 4.08. The average molecular weight is 491 g/mol. The SMILES string of the molecule is CCN(c1cc(Cl)cc(N(C=O)Cc2c(C(C)C)c(F)c(C)[nH]c2=O)c1C)C1CCN(C)CC1. The Kier molecular flexibility index (Phi) is 8.42. The van der Waals surface area contributed by atoms with E-state index in [9.17, 15) is 14.0 Å². The molecule has 2 aromatic rings. The summed E-state index contributed by atoms with van der Waals surface area (Å²) in [7, 11) is 2.14. The lowest BCUT2D eigenvalue weighted by atomic mass is 9.96. The Balaban J connectivity index is 2.05. The fourth-order valence-electron chi connectivity index (χ4n) is 5.04. The molecule has 1 fully saturated rings. The van der Waals surface area contributed by atoms with Crippen molar-refractivity contribution in [1.29, 1.82) is 0 Å². The second kappa shape index (κ2) is 10.9. The third-order valence-corrected chi connectivity index (χ3v) is 7.12. The van der Waals surface area contributed by atoms with Crippen LogP contribution in [0.3, 0.4) is 0 Å². The summed E-state index contributed by atoms with van der Waals surface area (Å²) in [5.74, 6) is -0.640. The van der Waals surface area contributed by atoms with Gasteiger partial charge in [-0.3, -0.25) is 9.59 Å². The number of aromatic amines is 1. The van der Waals surface area contributed by atoms with Crippen LogP contribution < -0.4 is 15.4 Å². The summed E-state index contributed by atoms with van der Waals surface area (Å²) < 4.78 is 14.9. The summed E-state index contributed by atoms with van der Waals surface area (Å²) in [6.45, 7) is 12.2. The number of hydrogen-bond acceptors (Lipinski definition) is 4. The topological polar surface area (TPSA) is 59.7 Å². The number of aryl methyl sites for hydroxylation is 1. The van der Waals surface area contributed by atoms with Crippen LogP contribution in [0, 0.1) is 19.7 Å². The second-order valence-corrected chi connectivity index (χ2v) is 10.00. The van der Waals surface area contributed by atoms with E-state index in [1.165, 1.54) is 4.90 Å². The number of amides is 1. The third kappa shape index (κ3) is 5.31. The van der Waals surface area contributed by atoms with Crippen molar-refractivity contribution >= 4 is 29.4 Å². The van der Waals surface area contributed by atoms with Crippen LogP contribution in [0.25, 0.3) is 0 Å². The molecular formula is C26H36ClFN4O2. The molecule has 1 aliphatic rings. The Morgan fingerprint density at radius 3 is 2.41 bits per heavy atom. The number of nitrogens with one attached hydrogen (secondary N) is 1. The predicted octanol–water partition coefficient (Wildman–Crippen LogP) is 4.99. The van der Waals surface area contributed by atoms with E-state index in [1.54, 1.807) is 13.0 Å². The third-order valence-electron chi connectivity index (χ3n) is 6.91. The van der Waals surface area contributed by atoms with Crippen LogP contribution >= 0.6 is 11.6 Å². The van der Waals surface area contributed by atoms with Gasteiger partial charge in [-0.2, -0.15) is 0 Å². The van der Waals surface area contributed by atoms with E-state index in [0.29, 0.717) is 28.7 Å². The Morgan fingerprint density at radius 1 is 1.24 bits per heavy atom. The van der Waals surface area contributed by atoms with Gasteiger partial charge in [-0.1, -0.05) is 25.4 Å². The van der Waals surface area contributed by atoms with Gasteiger partial charge in [0.25, 0.3) is 5.56 Å². The molecule has 0 saturated carbocycles. The Labute approximate surface area is 206 Å². The molecule has 0 spiro atoms. The molecule has 34 heavy (non-hydrogen) atoms. The summed E-state index contributed by atoms with van der Waals surface area (Å²) in [5, 5.41) is 0.516. The van der Waals surface area contributed by atoms with Gasteiger partial charge in [-0.25, -0.2) is 4.39 Å². The number of piperidine rings is 1. The molecule has 0 radical (unpaired) electrons. The van der Waals surface area contributed by atoms with Gasteiger partial charge in [0.2, 0.25) is 6.41 Å². The zero-order valence-corrected chi connectivity index (χ0v) is 21.8. The molecule has 0 aliphatic carbocycles. The molecule has 8 heteroatoms. The smallest absolute Gasteiger partial charge is 0.253 e. The highest BCUT2D eigenvalue weighted by Gasteiger charge is 2.26. The van der Waals surface area contributed by atoms with Crippen LogP contribution in [0.15, 0.2) is 16.9 Å². The highest BCUT2D eigenvalue weighted by molar-refractivity contribution is 6.31. The van der Waals surface area contributed by atoms with Crippen molar-refractivity contribution in [3.63, 3.8) is 0 Å². The van der Waals surface area contributed by atoms with Crippen molar-refractivity contribution in [2.75, 3.05) is 36.5 Å². The van der Waals surface area contributed by atoms with Crippen molar-refractivity contribution in [2.24, 2.45) is 0 Å². The van der Waals surface area contributed by atoms with Gasteiger partial charge in [0.15, 0.2) is 0 Å². The number of carbonyl (C=O) groups is 1. The number of halogens is 2. The zero-order chi connectivity index (χ0) is 25.2. The van der Waals surface area contributed by atoms with Crippen LogP contribution in [0.2, 0.25) is 5.02 Å². The number of benzene rings is 1. The van der Waals surface area contributed by atoms with Gasteiger partial charge < -0.3 is 19.7 Å². The number of likely N-dealkylation sites (tertiary alicyclic amines) is 1. The maximum Gasteiger partial charge on any atom is 0.253 e. The molecular weight excluding hydrogens is 455 g/mol. The molecule has 1 N–H and O–H groups in total. The van der Waals surface area contributed by atoms with Gasteiger partial charge in [0.05, 0.1) is 17.9 Å². The van der Waals surface area contributed by atoms with Crippen molar-refractivity contribution in [2.45, 2.75) is 66.0 Å². The van der Waals surface area contributed by atoms with Crippen LogP contribution in [0.1, 0.15) is 61.9 Å². The molecule has 6 nitrogen and oxygen atoms in total. The first kappa shape index (κ1) is 26.2. The van der Waals surface area contributed by atoms with Crippen molar-refractivity contribution in [3.8, 4) is 0 Å². The maximum atomic E-state index is 14.9. The molecule has 1 amide bonds. The first-order valence-corrected chi connectivity index (χ1v) is 12.3. The molecule has 186 valence electrons. The minimum atomic E-state index is -0.432. The number of H-pyrrole nitrogens is 1. The van der Waals surface area contributed by atoms with E-state index in [-0.39, 0.29) is 29.3 Å². The molecule has 0 bridgehead atoms. The number of nitrogens with zero attached hydrogens (tertiary/aromatic N) is 3. The lowest BCUT2D eigenvalue weighted by Crippen LogP contribution is -2.44. The molecule has 1 saturated heterocycles. The largest absolute Gasteiger partial charge is 0.368 e. The lowest BCUT2D eigenvalue weighted by molar-refractivity contribution is -0.107. The number of aromatic nitrogens is 1. The van der Waals surface area contributed by atoms with Gasteiger partial charge in [0, 0.05) is 34.4 Å². The van der Waals surface area contributed by atoms with Crippen LogP contribution in [0.4, 0.5) is 15.8 Å². The number of hydrogen-bond donors (Lipinski definition) is 1. The van der Waals surface area contributed by atoms with Crippen LogP contribution in [0.5, 0.6) is 0 Å². The van der Waals surface area contributed by atoms with Crippen molar-refractivity contribution in [1.82, 2.24) is 9.88 Å². The molecule has 1 aromatic heterocycles. The number of carbonyl (C=O) groups excluding carboxylic acids is 1. The van der Waals surface area contributed by atoms with Crippen LogP contribution in [-0.2, 0) is 11.3 Å². The van der Waals surface area contributed by atoms with Crippen molar-refractivity contribution in [3.05, 3.63) is 55.7 Å². The van der Waals surface area contributed by atoms with E-state index in [4.69, 9.17) is 11.6 Å². The monoisotopic (exact) mass is 490 g/mol. The molecule has 3 rings (SSSR count). The fraction of sp³-hybridized carbons (Fsp3) is 0.538. The highest BCUT2D eigenvalue weighted by atomic mass is 35.5. The number of anilines is 2. The van der Waals surface area contributed by atoms with Crippen LogP contribution in [-0.4, -0.2) is 49.0 Å². The maximum absolute atomic E-state index is 14.9. The molecule has 1 aliphatic heterocycles. The van der Waals surface area contributed by atoms with Gasteiger partial charge in [-0.15, -0.1) is 0 Å². The lowest BCUT2D eigenvalue weighted by Gasteiger charge is -2.39. The molecule has 2 heterocycles. The summed E-state index contributed by atoms with van der Waals surface area (Å²) in [5.41, 5.74) is 2.94. The van der Waals surface area contributed by atoms with Crippen molar-refractivity contribution < 1.29 is 9.18 Å². The Hall–Kier alpha value is -2.38. The van der Waals surface area contributed by atoms with Gasteiger partial charge in [-0.05, 0) is 77.4 Å². The standard InChI is InChI=1S/C26H36ClFN4O2/c1-7-32(20-8-10-30(6)11-9-20)23-13-19(27)12-22(17(23)4)31(15-33)14-21-24(16(2)3)25(28)18(5)29-26(21)34/h12-13,15-16,20H,7-11,14H2,1-6H3,(H,29,34). The minimum Gasteiger partial charge on any atom is -0.368 e. The van der Waals surface area contributed by atoms with Gasteiger partial charge in [0.1, 0.15) is 5.82 Å². The summed E-state index contributed by atoms with van der Waals surface area (Å²) in [4.78, 5) is 33.8. The first-order chi connectivity index (χ1) is 16.1. The molecule has 1 aromatic carbocycles. The summed E-state index contributed by atoms with van der Waals surface area (Å²) >= 11 is 6.54. The Morgan fingerprint density at radius 2 is 1.85 bits per heavy atom. The van der Waals surface area contributed by atoms with E-state index in [1.807, 2.05) is 26.8 Å². The van der Waals surface area contributed by atoms with E-state index in [2.05, 4.69) is 28.8 Å². The quantitative estimate of drug-likeness (QED) is 0.529. The number of pyridine rings is 1.